The lowest BCUT2D eigenvalue weighted by atomic mass is 10.2. The van der Waals surface area contributed by atoms with E-state index in [1.54, 1.807) is 13.3 Å². The molecule has 0 spiro atoms. The van der Waals surface area contributed by atoms with Gasteiger partial charge in [-0.1, -0.05) is 15.9 Å². The molecule has 6 heteroatoms. The lowest BCUT2D eigenvalue weighted by molar-refractivity contribution is -0.118. The smallest absolute Gasteiger partial charge is 0.230 e. The molecular formula is C15H15BrN2O2S. The molecule has 0 radical (unpaired) electrons. The second-order valence-electron chi connectivity index (χ2n) is 4.23. The van der Waals surface area contributed by atoms with Gasteiger partial charge in [0.15, 0.2) is 0 Å². The fourth-order valence-electron chi connectivity index (χ4n) is 1.60. The predicted molar refractivity (Wildman–Crippen MR) is 87.5 cm³/mol. The Kier molecular flexibility index (Phi) is 6.07. The zero-order chi connectivity index (χ0) is 15.1. The maximum atomic E-state index is 11.8. The number of carbonyl (C=O) groups excluding carboxylic acids is 1. The number of ether oxygens (including phenoxy) is 1. The van der Waals surface area contributed by atoms with Crippen molar-refractivity contribution in [2.24, 2.45) is 0 Å². The van der Waals surface area contributed by atoms with E-state index < -0.39 is 0 Å². The van der Waals surface area contributed by atoms with Gasteiger partial charge in [-0.05, 0) is 35.9 Å². The second-order valence-corrected chi connectivity index (χ2v) is 6.19. The summed E-state index contributed by atoms with van der Waals surface area (Å²) in [4.78, 5) is 16.9. The quantitative estimate of drug-likeness (QED) is 0.797. The fourth-order valence-corrected chi connectivity index (χ4v) is 2.60. The van der Waals surface area contributed by atoms with E-state index in [4.69, 9.17) is 4.74 Å². The van der Waals surface area contributed by atoms with Crippen molar-refractivity contribution in [1.82, 2.24) is 10.3 Å². The molecule has 0 unspecified atom stereocenters. The molecule has 2 rings (SSSR count). The number of thioether (sulfide) groups is 1. The van der Waals surface area contributed by atoms with E-state index in [0.29, 0.717) is 18.2 Å². The zero-order valence-corrected chi connectivity index (χ0v) is 13.9. The van der Waals surface area contributed by atoms with Gasteiger partial charge in [0.25, 0.3) is 0 Å². The van der Waals surface area contributed by atoms with Crippen LogP contribution in [0.25, 0.3) is 0 Å². The number of methoxy groups -OCH3 is 1. The van der Waals surface area contributed by atoms with Crippen molar-refractivity contribution in [3.05, 3.63) is 52.6 Å². The minimum absolute atomic E-state index is 0.00121. The summed E-state index contributed by atoms with van der Waals surface area (Å²) in [5.74, 6) is 0.939. The number of hydrogen-bond donors (Lipinski definition) is 1. The molecule has 0 aliphatic rings. The first kappa shape index (κ1) is 15.9. The molecule has 1 amide bonds. The molecule has 110 valence electrons. The standard InChI is InChI=1S/C15H15BrN2O2S/c1-20-15-8-11(6-7-17-15)9-18-14(19)10-21-13-4-2-12(16)3-5-13/h2-8H,9-10H2,1H3,(H,18,19). The van der Waals surface area contributed by atoms with Crippen LogP contribution in [0.5, 0.6) is 5.88 Å². The first-order chi connectivity index (χ1) is 10.2. The lowest BCUT2D eigenvalue weighted by Crippen LogP contribution is -2.24. The van der Waals surface area contributed by atoms with Crippen molar-refractivity contribution in [2.45, 2.75) is 11.4 Å². The molecule has 0 aliphatic heterocycles. The van der Waals surface area contributed by atoms with Gasteiger partial charge in [-0.3, -0.25) is 4.79 Å². The highest BCUT2D eigenvalue weighted by atomic mass is 79.9. The molecule has 1 N–H and O–H groups in total. The number of hydrogen-bond acceptors (Lipinski definition) is 4. The summed E-state index contributed by atoms with van der Waals surface area (Å²) in [7, 11) is 1.57. The third kappa shape index (κ3) is 5.40. The van der Waals surface area contributed by atoms with Gasteiger partial charge < -0.3 is 10.1 Å². The number of rotatable bonds is 6. The van der Waals surface area contributed by atoms with Crippen molar-refractivity contribution in [3.8, 4) is 5.88 Å². The van der Waals surface area contributed by atoms with E-state index in [1.807, 2.05) is 36.4 Å². The SMILES string of the molecule is COc1cc(CNC(=O)CSc2ccc(Br)cc2)ccn1. The summed E-state index contributed by atoms with van der Waals surface area (Å²) in [5, 5.41) is 2.88. The van der Waals surface area contributed by atoms with Crippen LogP contribution < -0.4 is 10.1 Å². The Morgan fingerprint density at radius 2 is 2.10 bits per heavy atom. The Morgan fingerprint density at radius 3 is 2.81 bits per heavy atom. The van der Waals surface area contributed by atoms with Crippen LogP contribution in [0.3, 0.4) is 0 Å². The number of nitrogens with one attached hydrogen (secondary N) is 1. The Hall–Kier alpha value is -1.53. The molecule has 0 bridgehead atoms. The Morgan fingerprint density at radius 1 is 1.33 bits per heavy atom. The van der Waals surface area contributed by atoms with Gasteiger partial charge in [-0.2, -0.15) is 0 Å². The zero-order valence-electron chi connectivity index (χ0n) is 11.5. The number of benzene rings is 1. The summed E-state index contributed by atoms with van der Waals surface area (Å²) in [5.41, 5.74) is 0.962. The molecule has 0 saturated heterocycles. The van der Waals surface area contributed by atoms with Gasteiger partial charge in [0.1, 0.15) is 0 Å². The van der Waals surface area contributed by atoms with Crippen LogP contribution in [0.4, 0.5) is 0 Å². The van der Waals surface area contributed by atoms with Gasteiger partial charge in [0, 0.05) is 28.2 Å². The van der Waals surface area contributed by atoms with Crippen molar-refractivity contribution in [1.29, 1.82) is 0 Å². The van der Waals surface area contributed by atoms with E-state index in [2.05, 4.69) is 26.2 Å². The van der Waals surface area contributed by atoms with Crippen molar-refractivity contribution < 1.29 is 9.53 Å². The monoisotopic (exact) mass is 366 g/mol. The number of aromatic nitrogens is 1. The van der Waals surface area contributed by atoms with Crippen molar-refractivity contribution >= 4 is 33.6 Å². The highest BCUT2D eigenvalue weighted by Gasteiger charge is 2.04. The molecule has 1 aromatic carbocycles. The van der Waals surface area contributed by atoms with E-state index in [-0.39, 0.29) is 5.91 Å². The normalized spacial score (nSPS) is 10.2. The minimum Gasteiger partial charge on any atom is -0.481 e. The summed E-state index contributed by atoms with van der Waals surface area (Å²) in [6, 6.07) is 11.5. The lowest BCUT2D eigenvalue weighted by Gasteiger charge is -2.06. The molecule has 2 aromatic rings. The van der Waals surface area contributed by atoms with Crippen LogP contribution in [0.15, 0.2) is 52.0 Å². The largest absolute Gasteiger partial charge is 0.481 e. The highest BCUT2D eigenvalue weighted by Crippen LogP contribution is 2.20. The number of halogens is 1. The summed E-state index contributed by atoms with van der Waals surface area (Å²) < 4.78 is 6.08. The fraction of sp³-hybridized carbons (Fsp3) is 0.200. The molecule has 1 aromatic heterocycles. The summed E-state index contributed by atoms with van der Waals surface area (Å²) >= 11 is 4.89. The molecule has 0 fully saturated rings. The van der Waals surface area contributed by atoms with Crippen LogP contribution >= 0.6 is 27.7 Å². The van der Waals surface area contributed by atoms with Crippen LogP contribution in [0, 0.1) is 0 Å². The third-order valence-electron chi connectivity index (χ3n) is 2.68. The van der Waals surface area contributed by atoms with Crippen molar-refractivity contribution in [3.63, 3.8) is 0 Å². The Balaban J connectivity index is 1.78. The van der Waals surface area contributed by atoms with Crippen molar-refractivity contribution in [2.75, 3.05) is 12.9 Å². The average Bonchev–Trinajstić information content (AvgIpc) is 2.52. The van der Waals surface area contributed by atoms with Crippen LogP contribution in [-0.4, -0.2) is 23.8 Å². The Bertz CT molecular complexity index is 605. The number of carbonyl (C=O) groups is 1. The third-order valence-corrected chi connectivity index (χ3v) is 4.22. The van der Waals surface area contributed by atoms with Gasteiger partial charge in [0.2, 0.25) is 11.8 Å². The first-order valence-electron chi connectivity index (χ1n) is 6.31. The van der Waals surface area contributed by atoms with E-state index in [0.717, 1.165) is 14.9 Å². The number of nitrogens with zero attached hydrogens (tertiary/aromatic N) is 1. The number of amides is 1. The van der Waals surface area contributed by atoms with Gasteiger partial charge in [0.05, 0.1) is 12.9 Å². The Labute approximate surface area is 136 Å². The molecule has 0 saturated carbocycles. The molecular weight excluding hydrogens is 352 g/mol. The van der Waals surface area contributed by atoms with Gasteiger partial charge in [-0.25, -0.2) is 4.98 Å². The van der Waals surface area contributed by atoms with E-state index in [9.17, 15) is 4.79 Å². The van der Waals surface area contributed by atoms with Gasteiger partial charge in [-0.15, -0.1) is 11.8 Å². The van der Waals surface area contributed by atoms with Gasteiger partial charge >= 0.3 is 0 Å². The average molecular weight is 367 g/mol. The van der Waals surface area contributed by atoms with Crippen LogP contribution in [-0.2, 0) is 11.3 Å². The van der Waals surface area contributed by atoms with Crippen LogP contribution in [0.1, 0.15) is 5.56 Å². The molecule has 1 heterocycles. The highest BCUT2D eigenvalue weighted by molar-refractivity contribution is 9.10. The van der Waals surface area contributed by atoms with Crippen LogP contribution in [0.2, 0.25) is 0 Å². The number of pyridine rings is 1. The minimum atomic E-state index is -0.00121. The first-order valence-corrected chi connectivity index (χ1v) is 8.09. The summed E-state index contributed by atoms with van der Waals surface area (Å²) in [6.07, 6.45) is 1.66. The molecule has 21 heavy (non-hydrogen) atoms. The van der Waals surface area contributed by atoms with E-state index in [1.165, 1.54) is 11.8 Å². The maximum absolute atomic E-state index is 11.8. The predicted octanol–water partition coefficient (Wildman–Crippen LogP) is 3.26. The summed E-state index contributed by atoms with van der Waals surface area (Å²) in [6.45, 7) is 0.471. The molecule has 4 nitrogen and oxygen atoms in total. The maximum Gasteiger partial charge on any atom is 0.230 e. The molecule has 0 atom stereocenters. The molecule has 0 aliphatic carbocycles. The second kappa shape index (κ2) is 8.05. The topological polar surface area (TPSA) is 51.2 Å². The van der Waals surface area contributed by atoms with E-state index >= 15 is 0 Å².